The highest BCUT2D eigenvalue weighted by atomic mass is 16.6. The first kappa shape index (κ1) is 21.4. The Kier molecular flexibility index (Phi) is 8.03. The molecular formula is C21H26O5. The standard InChI is InChI=1S/C17H20O3.C4H6O2/c1-16(2,14-9-5-3-6-10-14)17(19,13-18)20-15-11-7-4-8-12-15;1-3-4(5)6-2/h3-12,18-19H,13H2,1-2H3;3H,1H2,2H3. The number of rotatable bonds is 6. The highest BCUT2D eigenvalue weighted by Crippen LogP contribution is 2.36. The van der Waals surface area contributed by atoms with Gasteiger partial charge in [-0.05, 0) is 31.5 Å². The summed E-state index contributed by atoms with van der Waals surface area (Å²) in [4.78, 5) is 9.84. The van der Waals surface area contributed by atoms with Crippen LogP contribution in [0.2, 0.25) is 0 Å². The lowest BCUT2D eigenvalue weighted by molar-refractivity contribution is -0.207. The van der Waals surface area contributed by atoms with Gasteiger partial charge in [0.05, 0.1) is 12.5 Å². The van der Waals surface area contributed by atoms with Crippen molar-refractivity contribution in [1.82, 2.24) is 0 Å². The minimum atomic E-state index is -1.70. The molecule has 2 rings (SSSR count). The molecule has 0 aliphatic rings. The first-order valence-corrected chi connectivity index (χ1v) is 8.14. The van der Waals surface area contributed by atoms with Crippen molar-refractivity contribution in [2.45, 2.75) is 25.0 Å². The summed E-state index contributed by atoms with van der Waals surface area (Å²) in [5.41, 5.74) is 0.131. The van der Waals surface area contributed by atoms with Gasteiger partial charge in [0, 0.05) is 6.08 Å². The van der Waals surface area contributed by atoms with Crippen LogP contribution in [0.4, 0.5) is 0 Å². The number of carbonyl (C=O) groups excluding carboxylic acids is 1. The summed E-state index contributed by atoms with van der Waals surface area (Å²) in [6.07, 6.45) is 1.11. The number of esters is 1. The predicted octanol–water partition coefficient (Wildman–Crippen LogP) is 3.07. The molecule has 0 bridgehead atoms. The van der Waals surface area contributed by atoms with E-state index in [0.717, 1.165) is 11.6 Å². The monoisotopic (exact) mass is 358 g/mol. The molecule has 0 fully saturated rings. The Morgan fingerprint density at radius 2 is 1.58 bits per heavy atom. The quantitative estimate of drug-likeness (QED) is 0.471. The molecule has 0 spiro atoms. The van der Waals surface area contributed by atoms with Gasteiger partial charge in [-0.1, -0.05) is 55.1 Å². The second kappa shape index (κ2) is 9.75. The highest BCUT2D eigenvalue weighted by molar-refractivity contribution is 5.80. The molecule has 0 aliphatic heterocycles. The van der Waals surface area contributed by atoms with Crippen LogP contribution in [-0.2, 0) is 14.9 Å². The maximum absolute atomic E-state index is 10.8. The Morgan fingerprint density at radius 1 is 1.08 bits per heavy atom. The maximum Gasteiger partial charge on any atom is 0.329 e. The van der Waals surface area contributed by atoms with Gasteiger partial charge in [-0.3, -0.25) is 0 Å². The Morgan fingerprint density at radius 3 is 1.96 bits per heavy atom. The van der Waals surface area contributed by atoms with Crippen LogP contribution in [0.5, 0.6) is 5.75 Å². The second-order valence-electron chi connectivity index (χ2n) is 6.08. The SMILES string of the molecule is C=CC(=O)OC.CC(C)(c1ccccc1)C(O)(CO)Oc1ccccc1. The second-order valence-corrected chi connectivity index (χ2v) is 6.08. The summed E-state index contributed by atoms with van der Waals surface area (Å²) < 4.78 is 9.82. The van der Waals surface area contributed by atoms with Crippen LogP contribution >= 0.6 is 0 Å². The summed E-state index contributed by atoms with van der Waals surface area (Å²) >= 11 is 0. The van der Waals surface area contributed by atoms with E-state index < -0.39 is 23.8 Å². The molecule has 5 heteroatoms. The molecule has 2 aromatic rings. The molecule has 0 amide bonds. The van der Waals surface area contributed by atoms with Crippen molar-refractivity contribution in [2.75, 3.05) is 13.7 Å². The van der Waals surface area contributed by atoms with Gasteiger partial charge < -0.3 is 19.7 Å². The summed E-state index contributed by atoms with van der Waals surface area (Å²) in [5, 5.41) is 20.5. The number of hydrogen-bond donors (Lipinski definition) is 2. The van der Waals surface area contributed by atoms with E-state index in [1.54, 1.807) is 12.1 Å². The zero-order chi connectivity index (χ0) is 19.6. The molecule has 2 N–H and O–H groups in total. The van der Waals surface area contributed by atoms with E-state index in [1.165, 1.54) is 7.11 Å². The normalized spacial score (nSPS) is 12.8. The topological polar surface area (TPSA) is 76.0 Å². The van der Waals surface area contributed by atoms with Gasteiger partial charge in [0.2, 0.25) is 5.79 Å². The highest BCUT2D eigenvalue weighted by Gasteiger charge is 2.47. The fraction of sp³-hybridized carbons (Fsp3) is 0.286. The number of aliphatic hydroxyl groups is 2. The van der Waals surface area contributed by atoms with Crippen LogP contribution in [-0.4, -0.2) is 35.7 Å². The van der Waals surface area contributed by atoms with Crippen molar-refractivity contribution in [2.24, 2.45) is 0 Å². The number of benzene rings is 2. The minimum absolute atomic E-state index is 0.394. The molecule has 0 radical (unpaired) electrons. The number of carbonyl (C=O) groups is 1. The molecule has 0 saturated heterocycles. The van der Waals surface area contributed by atoms with Gasteiger partial charge >= 0.3 is 5.97 Å². The van der Waals surface area contributed by atoms with Gasteiger partial charge in [0.15, 0.2) is 0 Å². The average Bonchev–Trinajstić information content (AvgIpc) is 2.69. The molecule has 0 heterocycles. The third kappa shape index (κ3) is 5.44. The van der Waals surface area contributed by atoms with Crippen LogP contribution in [0.25, 0.3) is 0 Å². The molecule has 140 valence electrons. The van der Waals surface area contributed by atoms with E-state index in [4.69, 9.17) is 4.74 Å². The molecule has 1 atom stereocenters. The number of hydrogen-bond acceptors (Lipinski definition) is 5. The van der Waals surface area contributed by atoms with Gasteiger partial charge in [0.1, 0.15) is 12.4 Å². The third-order valence-corrected chi connectivity index (χ3v) is 4.08. The summed E-state index contributed by atoms with van der Waals surface area (Å²) in [5.74, 6) is -1.57. The van der Waals surface area contributed by atoms with Crippen LogP contribution in [0.3, 0.4) is 0 Å². The van der Waals surface area contributed by atoms with Crippen LogP contribution in [0, 0.1) is 0 Å². The Bertz CT molecular complexity index is 682. The first-order chi connectivity index (χ1) is 12.3. The smallest absolute Gasteiger partial charge is 0.329 e. The predicted molar refractivity (Wildman–Crippen MR) is 101 cm³/mol. The van der Waals surface area contributed by atoms with Crippen molar-refractivity contribution in [3.05, 3.63) is 78.9 Å². The van der Waals surface area contributed by atoms with E-state index in [1.807, 2.05) is 62.4 Å². The average molecular weight is 358 g/mol. The maximum atomic E-state index is 10.8. The summed E-state index contributed by atoms with van der Waals surface area (Å²) in [6, 6.07) is 18.6. The van der Waals surface area contributed by atoms with E-state index in [0.29, 0.717) is 5.75 Å². The van der Waals surface area contributed by atoms with Crippen molar-refractivity contribution in [1.29, 1.82) is 0 Å². The third-order valence-electron chi connectivity index (χ3n) is 4.08. The molecule has 5 nitrogen and oxygen atoms in total. The van der Waals surface area contributed by atoms with Gasteiger partial charge in [0.25, 0.3) is 0 Å². The summed E-state index contributed by atoms with van der Waals surface area (Å²) in [7, 11) is 1.31. The zero-order valence-electron chi connectivity index (χ0n) is 15.4. The number of ether oxygens (including phenoxy) is 2. The molecule has 0 saturated carbocycles. The van der Waals surface area contributed by atoms with Gasteiger partial charge in [-0.25, -0.2) is 4.79 Å². The fourth-order valence-corrected chi connectivity index (χ4v) is 2.20. The number of para-hydroxylation sites is 1. The van der Waals surface area contributed by atoms with E-state index in [-0.39, 0.29) is 0 Å². The van der Waals surface area contributed by atoms with Crippen molar-refractivity contribution < 1.29 is 24.5 Å². The minimum Gasteiger partial charge on any atom is -0.466 e. The Hall–Kier alpha value is -2.63. The molecule has 0 aromatic heterocycles. The lowest BCUT2D eigenvalue weighted by Gasteiger charge is -2.41. The zero-order valence-corrected chi connectivity index (χ0v) is 15.4. The molecule has 26 heavy (non-hydrogen) atoms. The fourth-order valence-electron chi connectivity index (χ4n) is 2.20. The molecule has 0 aliphatic carbocycles. The lowest BCUT2D eigenvalue weighted by Crippen LogP contribution is -2.55. The van der Waals surface area contributed by atoms with Crippen LogP contribution < -0.4 is 4.74 Å². The molecule has 1 unspecified atom stereocenters. The molecular weight excluding hydrogens is 332 g/mol. The lowest BCUT2D eigenvalue weighted by atomic mass is 9.77. The van der Waals surface area contributed by atoms with E-state index in [2.05, 4.69) is 11.3 Å². The van der Waals surface area contributed by atoms with E-state index >= 15 is 0 Å². The van der Waals surface area contributed by atoms with Crippen LogP contribution in [0.15, 0.2) is 73.3 Å². The largest absolute Gasteiger partial charge is 0.466 e. The molecule has 2 aromatic carbocycles. The summed E-state index contributed by atoms with van der Waals surface area (Å²) in [6.45, 7) is 6.36. The number of aliphatic hydroxyl groups excluding tert-OH is 1. The van der Waals surface area contributed by atoms with Crippen molar-refractivity contribution >= 4 is 5.97 Å². The van der Waals surface area contributed by atoms with Gasteiger partial charge in [-0.2, -0.15) is 0 Å². The Balaban J connectivity index is 0.000000487. The Labute approximate surface area is 154 Å². The van der Waals surface area contributed by atoms with Crippen molar-refractivity contribution in [3.8, 4) is 5.75 Å². The van der Waals surface area contributed by atoms with E-state index in [9.17, 15) is 15.0 Å². The first-order valence-electron chi connectivity index (χ1n) is 8.14. The van der Waals surface area contributed by atoms with Crippen LogP contribution in [0.1, 0.15) is 19.4 Å². The van der Waals surface area contributed by atoms with Crippen molar-refractivity contribution in [3.63, 3.8) is 0 Å². The number of methoxy groups -OCH3 is 1. The van der Waals surface area contributed by atoms with Gasteiger partial charge in [-0.15, -0.1) is 0 Å².